The van der Waals surface area contributed by atoms with Crippen molar-refractivity contribution in [3.05, 3.63) is 72.2 Å². The number of nitrogens with one attached hydrogen (secondary N) is 1. The topological polar surface area (TPSA) is 57.2 Å². The first-order chi connectivity index (χ1) is 14.3. The molecular weight excluding hydrogens is 367 g/mol. The summed E-state index contributed by atoms with van der Waals surface area (Å²) in [6.07, 6.45) is 3.74. The first-order valence-corrected chi connectivity index (χ1v) is 10.0. The van der Waals surface area contributed by atoms with Gasteiger partial charge < -0.3 is 15.1 Å². The molecule has 1 aliphatic rings. The van der Waals surface area contributed by atoms with E-state index in [-0.39, 0.29) is 5.82 Å². The SMILES string of the molecule is Fc1ccc(N2CCN(c3cnnc(NCCCc4ccccc4)n3)CC2)cc1. The van der Waals surface area contributed by atoms with Crippen LogP contribution in [0.4, 0.5) is 21.8 Å². The molecule has 0 bridgehead atoms. The maximum Gasteiger partial charge on any atom is 0.244 e. The zero-order valence-corrected chi connectivity index (χ0v) is 16.3. The predicted molar refractivity (Wildman–Crippen MR) is 114 cm³/mol. The Morgan fingerprint density at radius 1 is 0.897 bits per heavy atom. The summed E-state index contributed by atoms with van der Waals surface area (Å²) in [5, 5.41) is 11.5. The van der Waals surface area contributed by atoms with Crippen LogP contribution in [-0.4, -0.2) is 47.9 Å². The molecule has 1 aromatic heterocycles. The molecule has 7 heteroatoms. The lowest BCUT2D eigenvalue weighted by Gasteiger charge is -2.36. The van der Waals surface area contributed by atoms with E-state index in [0.717, 1.165) is 57.1 Å². The number of benzene rings is 2. The van der Waals surface area contributed by atoms with E-state index in [1.54, 1.807) is 6.20 Å². The molecule has 150 valence electrons. The molecule has 0 amide bonds. The monoisotopic (exact) mass is 392 g/mol. The minimum atomic E-state index is -0.205. The molecule has 0 unspecified atom stereocenters. The third kappa shape index (κ3) is 5.19. The van der Waals surface area contributed by atoms with E-state index in [9.17, 15) is 4.39 Å². The van der Waals surface area contributed by atoms with Gasteiger partial charge in [-0.15, -0.1) is 5.10 Å². The van der Waals surface area contributed by atoms with Gasteiger partial charge in [0.2, 0.25) is 5.95 Å². The van der Waals surface area contributed by atoms with E-state index in [1.165, 1.54) is 17.7 Å². The van der Waals surface area contributed by atoms with Gasteiger partial charge in [-0.25, -0.2) is 4.39 Å². The number of rotatable bonds is 7. The Labute approximate surface area is 170 Å². The van der Waals surface area contributed by atoms with E-state index in [2.05, 4.69) is 54.6 Å². The van der Waals surface area contributed by atoms with E-state index < -0.39 is 0 Å². The van der Waals surface area contributed by atoms with Gasteiger partial charge in [0, 0.05) is 38.4 Å². The molecule has 29 heavy (non-hydrogen) atoms. The van der Waals surface area contributed by atoms with Crippen LogP contribution in [0.25, 0.3) is 0 Å². The fourth-order valence-electron chi connectivity index (χ4n) is 3.51. The Morgan fingerprint density at radius 3 is 2.38 bits per heavy atom. The van der Waals surface area contributed by atoms with Crippen molar-refractivity contribution in [3.63, 3.8) is 0 Å². The van der Waals surface area contributed by atoms with Crippen LogP contribution in [0.3, 0.4) is 0 Å². The average Bonchev–Trinajstić information content (AvgIpc) is 2.78. The van der Waals surface area contributed by atoms with Gasteiger partial charge in [-0.3, -0.25) is 0 Å². The molecule has 2 aromatic carbocycles. The Bertz CT molecular complexity index is 895. The predicted octanol–water partition coefficient (Wildman–Crippen LogP) is 3.38. The maximum absolute atomic E-state index is 13.1. The lowest BCUT2D eigenvalue weighted by Crippen LogP contribution is -2.47. The molecule has 6 nitrogen and oxygen atoms in total. The first kappa shape index (κ1) is 19.1. The molecule has 1 aliphatic heterocycles. The third-order valence-corrected chi connectivity index (χ3v) is 5.11. The summed E-state index contributed by atoms with van der Waals surface area (Å²) < 4.78 is 13.1. The van der Waals surface area contributed by atoms with Crippen molar-refractivity contribution in [1.29, 1.82) is 0 Å². The molecular formula is C22H25FN6. The van der Waals surface area contributed by atoms with Crippen LogP contribution in [0.15, 0.2) is 60.8 Å². The second-order valence-corrected chi connectivity index (χ2v) is 7.10. The van der Waals surface area contributed by atoms with Crippen LogP contribution in [0.1, 0.15) is 12.0 Å². The summed E-state index contributed by atoms with van der Waals surface area (Å²) in [5.41, 5.74) is 2.38. The Balaban J connectivity index is 1.27. The van der Waals surface area contributed by atoms with Gasteiger partial charge in [0.05, 0.1) is 6.20 Å². The molecule has 0 saturated carbocycles. The summed E-state index contributed by atoms with van der Waals surface area (Å²) in [4.78, 5) is 9.09. The van der Waals surface area contributed by atoms with Crippen molar-refractivity contribution in [1.82, 2.24) is 15.2 Å². The van der Waals surface area contributed by atoms with E-state index >= 15 is 0 Å². The van der Waals surface area contributed by atoms with Crippen molar-refractivity contribution < 1.29 is 4.39 Å². The number of piperazine rings is 1. The quantitative estimate of drug-likeness (QED) is 0.622. The highest BCUT2D eigenvalue weighted by Crippen LogP contribution is 2.19. The fraction of sp³-hybridized carbons (Fsp3) is 0.318. The number of aromatic nitrogens is 3. The zero-order valence-electron chi connectivity index (χ0n) is 16.3. The van der Waals surface area contributed by atoms with Crippen LogP contribution in [-0.2, 0) is 6.42 Å². The lowest BCUT2D eigenvalue weighted by atomic mass is 10.1. The van der Waals surface area contributed by atoms with E-state index in [4.69, 9.17) is 0 Å². The maximum atomic E-state index is 13.1. The number of hydrogen-bond acceptors (Lipinski definition) is 6. The van der Waals surface area contributed by atoms with Gasteiger partial charge in [-0.05, 0) is 42.7 Å². The van der Waals surface area contributed by atoms with Crippen molar-refractivity contribution in [3.8, 4) is 0 Å². The van der Waals surface area contributed by atoms with E-state index in [1.807, 2.05) is 18.2 Å². The molecule has 4 rings (SSSR count). The number of aryl methyl sites for hydroxylation is 1. The number of anilines is 3. The largest absolute Gasteiger partial charge is 0.368 e. The molecule has 0 aliphatic carbocycles. The van der Waals surface area contributed by atoms with Gasteiger partial charge >= 0.3 is 0 Å². The number of hydrogen-bond donors (Lipinski definition) is 1. The molecule has 0 radical (unpaired) electrons. The van der Waals surface area contributed by atoms with Crippen LogP contribution < -0.4 is 15.1 Å². The summed E-state index contributed by atoms with van der Waals surface area (Å²) in [6, 6.07) is 17.1. The fourth-order valence-corrected chi connectivity index (χ4v) is 3.51. The smallest absolute Gasteiger partial charge is 0.244 e. The van der Waals surface area contributed by atoms with Crippen molar-refractivity contribution in [2.45, 2.75) is 12.8 Å². The third-order valence-electron chi connectivity index (χ3n) is 5.11. The highest BCUT2D eigenvalue weighted by Gasteiger charge is 2.19. The van der Waals surface area contributed by atoms with E-state index in [0.29, 0.717) is 5.95 Å². The van der Waals surface area contributed by atoms with Gasteiger partial charge in [0.1, 0.15) is 5.82 Å². The average molecular weight is 392 g/mol. The van der Waals surface area contributed by atoms with Gasteiger partial charge in [0.25, 0.3) is 0 Å². The van der Waals surface area contributed by atoms with Crippen LogP contribution in [0.5, 0.6) is 0 Å². The van der Waals surface area contributed by atoms with Gasteiger partial charge in [-0.2, -0.15) is 10.1 Å². The molecule has 1 N–H and O–H groups in total. The Hall–Kier alpha value is -3.22. The molecule has 0 atom stereocenters. The molecule has 3 aromatic rings. The van der Waals surface area contributed by atoms with Gasteiger partial charge in [0.15, 0.2) is 5.82 Å². The van der Waals surface area contributed by atoms with Crippen molar-refractivity contribution in [2.24, 2.45) is 0 Å². The van der Waals surface area contributed by atoms with Gasteiger partial charge in [-0.1, -0.05) is 30.3 Å². The highest BCUT2D eigenvalue weighted by molar-refractivity contribution is 5.49. The lowest BCUT2D eigenvalue weighted by molar-refractivity contribution is 0.624. The first-order valence-electron chi connectivity index (χ1n) is 10.0. The van der Waals surface area contributed by atoms with Crippen molar-refractivity contribution in [2.75, 3.05) is 47.8 Å². The normalized spacial score (nSPS) is 14.1. The zero-order chi connectivity index (χ0) is 19.9. The van der Waals surface area contributed by atoms with Crippen LogP contribution in [0.2, 0.25) is 0 Å². The molecule has 1 saturated heterocycles. The Kier molecular flexibility index (Phi) is 6.14. The molecule has 2 heterocycles. The molecule has 0 spiro atoms. The summed E-state index contributed by atoms with van der Waals surface area (Å²) in [7, 11) is 0. The number of halogens is 1. The summed E-state index contributed by atoms with van der Waals surface area (Å²) in [5.74, 6) is 1.20. The van der Waals surface area contributed by atoms with Crippen molar-refractivity contribution >= 4 is 17.5 Å². The van der Waals surface area contributed by atoms with Crippen LogP contribution >= 0.6 is 0 Å². The summed E-state index contributed by atoms with van der Waals surface area (Å²) in [6.45, 7) is 4.19. The number of nitrogens with zero attached hydrogens (tertiary/aromatic N) is 5. The second-order valence-electron chi connectivity index (χ2n) is 7.10. The second kappa shape index (κ2) is 9.32. The minimum absolute atomic E-state index is 0.205. The Morgan fingerprint density at radius 2 is 1.62 bits per heavy atom. The summed E-state index contributed by atoms with van der Waals surface area (Å²) >= 11 is 0. The van der Waals surface area contributed by atoms with Crippen LogP contribution in [0, 0.1) is 5.82 Å². The minimum Gasteiger partial charge on any atom is -0.368 e. The standard InChI is InChI=1S/C22H25FN6/c23-19-8-10-20(11-9-19)28-13-15-29(16-14-28)21-17-25-27-22(26-21)24-12-4-7-18-5-2-1-3-6-18/h1-3,5-6,8-11,17H,4,7,12-16H2,(H,24,26,27). The molecule has 1 fully saturated rings. The highest BCUT2D eigenvalue weighted by atomic mass is 19.1.